The normalized spacial score (nSPS) is 16.9. The van der Waals surface area contributed by atoms with E-state index in [1.165, 1.54) is 4.31 Å². The second-order valence-corrected chi connectivity index (χ2v) is 9.06. The maximum atomic E-state index is 12.8. The highest BCUT2D eigenvalue weighted by atomic mass is 32.2. The average molecular weight is 418 g/mol. The Morgan fingerprint density at radius 2 is 1.72 bits per heavy atom. The van der Waals surface area contributed by atoms with Crippen LogP contribution in [-0.2, 0) is 14.8 Å². The number of methoxy groups -OCH3 is 1. The van der Waals surface area contributed by atoms with E-state index in [0.29, 0.717) is 42.5 Å². The first-order chi connectivity index (χ1) is 13.8. The number of hydrogen-bond donors (Lipinski definition) is 1. The summed E-state index contributed by atoms with van der Waals surface area (Å²) in [6, 6.07) is 13.7. The molecule has 1 heterocycles. The highest BCUT2D eigenvalue weighted by molar-refractivity contribution is 7.89. The van der Waals surface area contributed by atoms with Crippen molar-refractivity contribution in [3.63, 3.8) is 0 Å². The molecule has 0 radical (unpaired) electrons. The van der Waals surface area contributed by atoms with Crippen molar-refractivity contribution >= 4 is 21.6 Å². The number of carbonyl (C=O) groups excluding carboxylic acids is 1. The summed E-state index contributed by atoms with van der Waals surface area (Å²) in [7, 11) is -1.94. The van der Waals surface area contributed by atoms with Gasteiger partial charge in [0, 0.05) is 26.2 Å². The first-order valence-corrected chi connectivity index (χ1v) is 11.0. The molecule has 1 atom stereocenters. The van der Waals surface area contributed by atoms with Crippen LogP contribution in [0.5, 0.6) is 5.75 Å². The van der Waals surface area contributed by atoms with Crippen LogP contribution in [0.3, 0.4) is 0 Å². The highest BCUT2D eigenvalue weighted by Crippen LogP contribution is 2.26. The Balaban J connectivity index is 1.62. The number of hydrogen-bond acceptors (Lipinski definition) is 5. The fourth-order valence-corrected chi connectivity index (χ4v) is 4.84. The topological polar surface area (TPSA) is 79.0 Å². The van der Waals surface area contributed by atoms with Gasteiger partial charge in [0.2, 0.25) is 15.9 Å². The second kappa shape index (κ2) is 8.94. The van der Waals surface area contributed by atoms with Crippen LogP contribution in [0, 0.1) is 6.92 Å². The molecule has 1 aliphatic heterocycles. The first-order valence-electron chi connectivity index (χ1n) is 9.57. The lowest BCUT2D eigenvalue weighted by molar-refractivity contribution is -0.121. The largest absolute Gasteiger partial charge is 0.495 e. The molecule has 29 heavy (non-hydrogen) atoms. The van der Waals surface area contributed by atoms with E-state index in [-0.39, 0.29) is 11.9 Å². The molecule has 1 amide bonds. The van der Waals surface area contributed by atoms with Crippen molar-refractivity contribution in [2.75, 3.05) is 38.6 Å². The molecule has 0 aliphatic carbocycles. The summed E-state index contributed by atoms with van der Waals surface area (Å²) in [6.45, 7) is 5.46. The Morgan fingerprint density at radius 3 is 2.34 bits per heavy atom. The van der Waals surface area contributed by atoms with Crippen molar-refractivity contribution in [1.29, 1.82) is 0 Å². The predicted molar refractivity (Wildman–Crippen MR) is 113 cm³/mol. The lowest BCUT2D eigenvalue weighted by Crippen LogP contribution is -2.53. The molecule has 0 saturated carbocycles. The lowest BCUT2D eigenvalue weighted by atomic mass is 10.2. The van der Waals surface area contributed by atoms with Crippen LogP contribution in [0.1, 0.15) is 12.5 Å². The molecule has 1 unspecified atom stereocenters. The van der Waals surface area contributed by atoms with Gasteiger partial charge in [-0.2, -0.15) is 4.31 Å². The van der Waals surface area contributed by atoms with Crippen LogP contribution < -0.4 is 10.1 Å². The summed E-state index contributed by atoms with van der Waals surface area (Å²) in [5, 5.41) is 2.93. The maximum absolute atomic E-state index is 12.8. The number of anilines is 1. The first kappa shape index (κ1) is 21.3. The van der Waals surface area contributed by atoms with E-state index in [9.17, 15) is 13.2 Å². The van der Waals surface area contributed by atoms with Crippen LogP contribution in [0.25, 0.3) is 0 Å². The highest BCUT2D eigenvalue weighted by Gasteiger charge is 2.31. The molecule has 8 heteroatoms. The lowest BCUT2D eigenvalue weighted by Gasteiger charge is -2.36. The van der Waals surface area contributed by atoms with E-state index in [0.717, 1.165) is 5.56 Å². The molecule has 2 aromatic carbocycles. The molecule has 1 N–H and O–H groups in total. The van der Waals surface area contributed by atoms with Crippen molar-refractivity contribution in [2.45, 2.75) is 24.8 Å². The number of carbonyl (C=O) groups is 1. The number of benzene rings is 2. The van der Waals surface area contributed by atoms with Gasteiger partial charge in [-0.25, -0.2) is 8.42 Å². The van der Waals surface area contributed by atoms with Gasteiger partial charge in [0.05, 0.1) is 23.7 Å². The SMILES string of the molecule is COc1ccc(C)cc1NC(=O)C(C)N1CCN(S(=O)(=O)c2ccccc2)CC1. The van der Waals surface area contributed by atoms with Crippen molar-refractivity contribution < 1.29 is 17.9 Å². The molecule has 3 rings (SSSR count). The van der Waals surface area contributed by atoms with Gasteiger partial charge >= 0.3 is 0 Å². The van der Waals surface area contributed by atoms with Gasteiger partial charge in [-0.3, -0.25) is 9.69 Å². The zero-order valence-electron chi connectivity index (χ0n) is 17.0. The van der Waals surface area contributed by atoms with Crippen molar-refractivity contribution in [3.8, 4) is 5.75 Å². The van der Waals surface area contributed by atoms with E-state index in [1.54, 1.807) is 37.4 Å². The summed E-state index contributed by atoms with van der Waals surface area (Å²) < 4.78 is 32.3. The molecular weight excluding hydrogens is 390 g/mol. The number of ether oxygens (including phenoxy) is 1. The summed E-state index contributed by atoms with van der Waals surface area (Å²) in [5.41, 5.74) is 1.66. The minimum Gasteiger partial charge on any atom is -0.495 e. The monoisotopic (exact) mass is 417 g/mol. The number of nitrogens with zero attached hydrogens (tertiary/aromatic N) is 2. The number of piperazine rings is 1. The molecule has 7 nitrogen and oxygen atoms in total. The van der Waals surface area contributed by atoms with Crippen molar-refractivity contribution in [3.05, 3.63) is 54.1 Å². The van der Waals surface area contributed by atoms with Crippen LogP contribution in [0.2, 0.25) is 0 Å². The van der Waals surface area contributed by atoms with Gasteiger partial charge in [0.15, 0.2) is 0 Å². The fourth-order valence-electron chi connectivity index (χ4n) is 3.40. The van der Waals surface area contributed by atoms with Gasteiger partial charge in [0.1, 0.15) is 5.75 Å². The van der Waals surface area contributed by atoms with Crippen molar-refractivity contribution in [1.82, 2.24) is 9.21 Å². The zero-order chi connectivity index (χ0) is 21.0. The van der Waals surface area contributed by atoms with Gasteiger partial charge in [-0.05, 0) is 43.7 Å². The Labute approximate surface area is 172 Å². The fraction of sp³-hybridized carbons (Fsp3) is 0.381. The Kier molecular flexibility index (Phi) is 6.56. The standard InChI is InChI=1S/C21H27N3O4S/c1-16-9-10-20(28-3)19(15-16)22-21(25)17(2)23-11-13-24(14-12-23)29(26,27)18-7-5-4-6-8-18/h4-10,15,17H,11-14H2,1-3H3,(H,22,25). The van der Waals surface area contributed by atoms with Crippen LogP contribution >= 0.6 is 0 Å². The molecule has 1 saturated heterocycles. The number of sulfonamides is 1. The third-order valence-corrected chi connectivity index (χ3v) is 7.11. The van der Waals surface area contributed by atoms with E-state index < -0.39 is 10.0 Å². The molecular formula is C21H27N3O4S. The smallest absolute Gasteiger partial charge is 0.243 e. The van der Waals surface area contributed by atoms with E-state index in [1.807, 2.05) is 36.9 Å². The predicted octanol–water partition coefficient (Wildman–Crippen LogP) is 2.34. The van der Waals surface area contributed by atoms with Crippen LogP contribution in [0.15, 0.2) is 53.4 Å². The van der Waals surface area contributed by atoms with Crippen molar-refractivity contribution in [2.24, 2.45) is 0 Å². The second-order valence-electron chi connectivity index (χ2n) is 7.12. The third-order valence-electron chi connectivity index (χ3n) is 5.19. The van der Waals surface area contributed by atoms with Gasteiger partial charge < -0.3 is 10.1 Å². The molecule has 156 valence electrons. The quantitative estimate of drug-likeness (QED) is 0.781. The van der Waals surface area contributed by atoms with E-state index in [4.69, 9.17) is 4.74 Å². The summed E-state index contributed by atoms with van der Waals surface area (Å²) >= 11 is 0. The Bertz CT molecular complexity index is 955. The minimum atomic E-state index is -3.50. The maximum Gasteiger partial charge on any atom is 0.243 e. The zero-order valence-corrected chi connectivity index (χ0v) is 17.8. The van der Waals surface area contributed by atoms with Crippen LogP contribution in [0.4, 0.5) is 5.69 Å². The van der Waals surface area contributed by atoms with Crippen LogP contribution in [-0.4, -0.2) is 62.9 Å². The summed E-state index contributed by atoms with van der Waals surface area (Å²) in [5.74, 6) is 0.461. The summed E-state index contributed by atoms with van der Waals surface area (Å²) in [6.07, 6.45) is 0. The molecule has 0 bridgehead atoms. The molecule has 1 fully saturated rings. The van der Waals surface area contributed by atoms with Gasteiger partial charge in [0.25, 0.3) is 0 Å². The molecule has 0 aromatic heterocycles. The minimum absolute atomic E-state index is 0.145. The van der Waals surface area contributed by atoms with Gasteiger partial charge in [-0.1, -0.05) is 24.3 Å². The number of aryl methyl sites for hydroxylation is 1. The average Bonchev–Trinajstić information content (AvgIpc) is 2.74. The third kappa shape index (κ3) is 4.77. The number of amides is 1. The number of nitrogens with one attached hydrogen (secondary N) is 1. The molecule has 2 aromatic rings. The molecule has 0 spiro atoms. The summed E-state index contributed by atoms with van der Waals surface area (Å²) in [4.78, 5) is 15.0. The van der Waals surface area contributed by atoms with E-state index >= 15 is 0 Å². The van der Waals surface area contributed by atoms with E-state index in [2.05, 4.69) is 5.32 Å². The molecule has 1 aliphatic rings. The Hall–Kier alpha value is -2.42. The Morgan fingerprint density at radius 1 is 1.07 bits per heavy atom. The van der Waals surface area contributed by atoms with Gasteiger partial charge in [-0.15, -0.1) is 0 Å². The number of rotatable bonds is 6.